The molecule has 1 atom stereocenters. The summed E-state index contributed by atoms with van der Waals surface area (Å²) in [6, 6.07) is 15.1. The highest BCUT2D eigenvalue weighted by Gasteiger charge is 2.31. The van der Waals surface area contributed by atoms with Crippen LogP contribution >= 0.6 is 15.9 Å². The lowest BCUT2D eigenvalue weighted by atomic mass is 9.97. The quantitative estimate of drug-likeness (QED) is 0.752. The first-order valence-corrected chi connectivity index (χ1v) is 8.84. The highest BCUT2D eigenvalue weighted by Crippen LogP contribution is 2.39. The van der Waals surface area contributed by atoms with Gasteiger partial charge in [0.15, 0.2) is 5.78 Å². The highest BCUT2D eigenvalue weighted by atomic mass is 79.9. The summed E-state index contributed by atoms with van der Waals surface area (Å²) in [5.41, 5.74) is 3.52. The molecule has 128 valence electrons. The number of halogens is 1. The second-order valence-corrected chi connectivity index (χ2v) is 6.99. The van der Waals surface area contributed by atoms with Crippen LogP contribution in [0.2, 0.25) is 0 Å². The van der Waals surface area contributed by atoms with Gasteiger partial charge in [0.1, 0.15) is 5.75 Å². The standard InChI is InChI=1S/C20H19BrN2O2/c1-13(11-14(2)24)23-19(17-5-3-4-6-20(17)25)12-18(22-23)15-7-9-16(21)10-8-15/h3-11,19,25H,12H2,1-2H3. The van der Waals surface area contributed by atoms with Gasteiger partial charge in [-0.3, -0.25) is 9.80 Å². The van der Waals surface area contributed by atoms with E-state index < -0.39 is 0 Å². The monoisotopic (exact) mass is 398 g/mol. The normalized spacial score (nSPS) is 17.6. The van der Waals surface area contributed by atoms with Gasteiger partial charge in [-0.1, -0.05) is 46.3 Å². The predicted molar refractivity (Wildman–Crippen MR) is 102 cm³/mol. The van der Waals surface area contributed by atoms with Crippen LogP contribution in [0.1, 0.15) is 37.4 Å². The maximum absolute atomic E-state index is 11.5. The molecular formula is C20H19BrN2O2. The molecule has 0 saturated carbocycles. The summed E-state index contributed by atoms with van der Waals surface area (Å²) in [4.78, 5) is 11.5. The van der Waals surface area contributed by atoms with E-state index in [1.807, 2.05) is 48.3 Å². The molecule has 0 amide bonds. The molecule has 0 aliphatic carbocycles. The van der Waals surface area contributed by atoms with Crippen molar-refractivity contribution in [1.82, 2.24) is 5.01 Å². The lowest BCUT2D eigenvalue weighted by Gasteiger charge is -2.24. The number of ketones is 1. The molecular weight excluding hydrogens is 380 g/mol. The molecule has 1 unspecified atom stereocenters. The number of hydrazone groups is 1. The smallest absolute Gasteiger partial charge is 0.154 e. The number of hydrogen-bond acceptors (Lipinski definition) is 4. The average Bonchev–Trinajstić information content (AvgIpc) is 3.00. The van der Waals surface area contributed by atoms with Crippen LogP contribution in [0.3, 0.4) is 0 Å². The van der Waals surface area contributed by atoms with Gasteiger partial charge in [0, 0.05) is 28.2 Å². The van der Waals surface area contributed by atoms with E-state index in [1.165, 1.54) is 6.92 Å². The topological polar surface area (TPSA) is 52.9 Å². The van der Waals surface area contributed by atoms with E-state index in [0.29, 0.717) is 6.42 Å². The van der Waals surface area contributed by atoms with Crippen molar-refractivity contribution in [1.29, 1.82) is 0 Å². The number of rotatable bonds is 4. The molecule has 0 saturated heterocycles. The van der Waals surface area contributed by atoms with Crippen molar-refractivity contribution in [3.05, 3.63) is 75.9 Å². The minimum Gasteiger partial charge on any atom is -0.508 e. The molecule has 0 bridgehead atoms. The molecule has 0 fully saturated rings. The summed E-state index contributed by atoms with van der Waals surface area (Å²) >= 11 is 3.44. The number of phenolic OH excluding ortho intramolecular Hbond substituents is 1. The fraction of sp³-hybridized carbons (Fsp3) is 0.200. The van der Waals surface area contributed by atoms with Crippen LogP contribution in [-0.2, 0) is 4.79 Å². The number of hydrogen-bond donors (Lipinski definition) is 1. The fourth-order valence-electron chi connectivity index (χ4n) is 3.02. The molecule has 0 aromatic heterocycles. The SMILES string of the molecule is CC(=O)C=C(C)N1N=C(c2ccc(Br)cc2)CC1c1ccccc1O. The molecule has 4 nitrogen and oxygen atoms in total. The Bertz CT molecular complexity index is 856. The molecule has 5 heteroatoms. The van der Waals surface area contributed by atoms with Crippen LogP contribution in [0.4, 0.5) is 0 Å². The first-order chi connectivity index (χ1) is 12.0. The molecule has 1 heterocycles. The van der Waals surface area contributed by atoms with Crippen molar-refractivity contribution in [2.24, 2.45) is 5.10 Å². The Hall–Kier alpha value is -2.40. The van der Waals surface area contributed by atoms with Gasteiger partial charge in [-0.2, -0.15) is 5.10 Å². The van der Waals surface area contributed by atoms with Gasteiger partial charge in [0.2, 0.25) is 0 Å². The number of phenols is 1. The van der Waals surface area contributed by atoms with E-state index in [-0.39, 0.29) is 17.6 Å². The molecule has 2 aromatic carbocycles. The molecule has 0 radical (unpaired) electrons. The first kappa shape index (κ1) is 17.4. The Morgan fingerprint density at radius 1 is 1.20 bits per heavy atom. The Kier molecular flexibility index (Phi) is 5.04. The number of carbonyl (C=O) groups is 1. The van der Waals surface area contributed by atoms with E-state index in [4.69, 9.17) is 5.10 Å². The Morgan fingerprint density at radius 2 is 1.88 bits per heavy atom. The van der Waals surface area contributed by atoms with Crippen molar-refractivity contribution in [3.8, 4) is 5.75 Å². The summed E-state index contributed by atoms with van der Waals surface area (Å²) in [6.45, 7) is 3.39. The maximum Gasteiger partial charge on any atom is 0.154 e. The largest absolute Gasteiger partial charge is 0.508 e. The maximum atomic E-state index is 11.5. The number of aromatic hydroxyl groups is 1. The summed E-state index contributed by atoms with van der Waals surface area (Å²) in [5, 5.41) is 16.8. The van der Waals surface area contributed by atoms with Crippen molar-refractivity contribution in [3.63, 3.8) is 0 Å². The predicted octanol–water partition coefficient (Wildman–Crippen LogP) is 4.80. The molecule has 1 N–H and O–H groups in total. The Balaban J connectivity index is 2.02. The van der Waals surface area contributed by atoms with Gasteiger partial charge in [0.25, 0.3) is 0 Å². The second-order valence-electron chi connectivity index (χ2n) is 6.07. The molecule has 2 aromatic rings. The summed E-state index contributed by atoms with van der Waals surface area (Å²) < 4.78 is 1.01. The van der Waals surface area contributed by atoms with Gasteiger partial charge >= 0.3 is 0 Å². The Labute approximate surface area is 155 Å². The van der Waals surface area contributed by atoms with Crippen LogP contribution < -0.4 is 0 Å². The van der Waals surface area contributed by atoms with Gasteiger partial charge in [-0.05, 0) is 37.6 Å². The van der Waals surface area contributed by atoms with Crippen molar-refractivity contribution >= 4 is 27.4 Å². The number of benzene rings is 2. The third-order valence-electron chi connectivity index (χ3n) is 4.16. The number of carbonyl (C=O) groups excluding carboxylic acids is 1. The second kappa shape index (κ2) is 7.23. The minimum absolute atomic E-state index is 0.0270. The lowest BCUT2D eigenvalue weighted by molar-refractivity contribution is -0.112. The number of nitrogens with zero attached hydrogens (tertiary/aromatic N) is 2. The van der Waals surface area contributed by atoms with Crippen molar-refractivity contribution in [2.75, 3.05) is 0 Å². The molecule has 25 heavy (non-hydrogen) atoms. The van der Waals surface area contributed by atoms with E-state index in [9.17, 15) is 9.90 Å². The number of para-hydroxylation sites is 1. The lowest BCUT2D eigenvalue weighted by Crippen LogP contribution is -2.18. The number of allylic oxidation sites excluding steroid dienone is 2. The molecule has 1 aliphatic rings. The molecule has 1 aliphatic heterocycles. The minimum atomic E-state index is -0.143. The van der Waals surface area contributed by atoms with Crippen LogP contribution in [-0.4, -0.2) is 21.6 Å². The summed E-state index contributed by atoms with van der Waals surface area (Å²) in [5.74, 6) is 0.209. The van der Waals surface area contributed by atoms with Crippen LogP contribution in [0.15, 0.2) is 69.9 Å². The summed E-state index contributed by atoms with van der Waals surface area (Å²) in [6.07, 6.45) is 2.23. The zero-order valence-corrected chi connectivity index (χ0v) is 15.7. The Morgan fingerprint density at radius 3 is 2.52 bits per heavy atom. The molecule has 0 spiro atoms. The van der Waals surface area contributed by atoms with Crippen LogP contribution in [0.5, 0.6) is 5.75 Å². The third-order valence-corrected chi connectivity index (χ3v) is 4.69. The van der Waals surface area contributed by atoms with Gasteiger partial charge in [0.05, 0.1) is 11.8 Å². The van der Waals surface area contributed by atoms with Gasteiger partial charge < -0.3 is 5.11 Å². The van der Waals surface area contributed by atoms with Gasteiger partial charge in [-0.15, -0.1) is 0 Å². The fourth-order valence-corrected chi connectivity index (χ4v) is 3.29. The molecule has 3 rings (SSSR count). The van der Waals surface area contributed by atoms with E-state index in [1.54, 1.807) is 18.2 Å². The van der Waals surface area contributed by atoms with Crippen LogP contribution in [0.25, 0.3) is 0 Å². The van der Waals surface area contributed by atoms with Crippen molar-refractivity contribution < 1.29 is 9.90 Å². The zero-order valence-electron chi connectivity index (χ0n) is 14.1. The third kappa shape index (κ3) is 3.82. The zero-order chi connectivity index (χ0) is 18.0. The van der Waals surface area contributed by atoms with Crippen LogP contribution in [0, 0.1) is 0 Å². The average molecular weight is 399 g/mol. The first-order valence-electron chi connectivity index (χ1n) is 8.05. The van der Waals surface area contributed by atoms with E-state index in [0.717, 1.165) is 27.0 Å². The van der Waals surface area contributed by atoms with Crippen molar-refractivity contribution in [2.45, 2.75) is 26.3 Å². The highest BCUT2D eigenvalue weighted by molar-refractivity contribution is 9.10. The van der Waals surface area contributed by atoms with Gasteiger partial charge in [-0.25, -0.2) is 0 Å². The van der Waals surface area contributed by atoms with E-state index in [2.05, 4.69) is 15.9 Å². The van der Waals surface area contributed by atoms with E-state index >= 15 is 0 Å². The summed E-state index contributed by atoms with van der Waals surface area (Å²) in [7, 11) is 0.